The summed E-state index contributed by atoms with van der Waals surface area (Å²) in [7, 11) is 0. The van der Waals surface area contributed by atoms with E-state index in [0.29, 0.717) is 24.0 Å². The lowest BCUT2D eigenvalue weighted by Crippen LogP contribution is -2.24. The van der Waals surface area contributed by atoms with E-state index in [-0.39, 0.29) is 5.56 Å². The third kappa shape index (κ3) is 4.63. The average molecular weight is 377 g/mol. The van der Waals surface area contributed by atoms with Crippen molar-refractivity contribution in [2.24, 2.45) is 0 Å². The van der Waals surface area contributed by atoms with Crippen LogP contribution in [0.15, 0.2) is 45.0 Å². The van der Waals surface area contributed by atoms with Crippen LogP contribution in [0, 0.1) is 4.77 Å². The fourth-order valence-corrected chi connectivity index (χ4v) is 4.58. The maximum absolute atomic E-state index is 12.4. The van der Waals surface area contributed by atoms with E-state index in [1.54, 1.807) is 11.8 Å². The first-order chi connectivity index (χ1) is 12.2. The maximum atomic E-state index is 12.4. The van der Waals surface area contributed by atoms with Gasteiger partial charge in [0.05, 0.1) is 11.1 Å². The molecule has 4 nitrogen and oxygen atoms in total. The molecule has 134 valence electrons. The molecule has 0 amide bonds. The number of nitrogens with one attached hydrogen (secondary N) is 1. The monoisotopic (exact) mass is 376 g/mol. The van der Waals surface area contributed by atoms with Crippen LogP contribution in [0.25, 0.3) is 0 Å². The first kappa shape index (κ1) is 18.4. The highest BCUT2D eigenvalue weighted by molar-refractivity contribution is 7.99. The Bertz CT molecular complexity index is 808. The molecule has 1 saturated carbocycles. The summed E-state index contributed by atoms with van der Waals surface area (Å²) in [4.78, 5) is 16.2. The summed E-state index contributed by atoms with van der Waals surface area (Å²) in [6, 6.07) is 10.1. The maximum Gasteiger partial charge on any atom is 0.255 e. The van der Waals surface area contributed by atoms with E-state index in [4.69, 9.17) is 17.0 Å². The van der Waals surface area contributed by atoms with Crippen molar-refractivity contribution in [3.05, 3.63) is 51.0 Å². The van der Waals surface area contributed by atoms with E-state index in [1.807, 2.05) is 41.8 Å². The predicted molar refractivity (Wildman–Crippen MR) is 104 cm³/mol. The number of H-pyrrole nitrogens is 1. The molecule has 0 unspecified atom stereocenters. The summed E-state index contributed by atoms with van der Waals surface area (Å²) in [5.41, 5.74) is 0.662. The Morgan fingerprint density at radius 3 is 2.64 bits per heavy atom. The zero-order valence-electron chi connectivity index (χ0n) is 14.5. The lowest BCUT2D eigenvalue weighted by atomic mass is 9.98. The highest BCUT2D eigenvalue weighted by atomic mass is 32.2. The highest BCUT2D eigenvalue weighted by Crippen LogP contribution is 2.30. The number of aromatic amines is 1. The largest absolute Gasteiger partial charge is 0.357 e. The van der Waals surface area contributed by atoms with Gasteiger partial charge in [-0.1, -0.05) is 56.1 Å². The molecule has 0 saturated heterocycles. The number of hydrogen-bond donors (Lipinski definition) is 1. The van der Waals surface area contributed by atoms with E-state index < -0.39 is 0 Å². The number of aromatic nitrogens is 2. The van der Waals surface area contributed by atoms with Crippen molar-refractivity contribution >= 4 is 24.0 Å². The van der Waals surface area contributed by atoms with Gasteiger partial charge in [0.15, 0.2) is 4.77 Å². The van der Waals surface area contributed by atoms with Crippen LogP contribution >= 0.6 is 24.0 Å². The minimum absolute atomic E-state index is 0.0974. The van der Waals surface area contributed by atoms with Gasteiger partial charge in [-0.3, -0.25) is 14.3 Å². The van der Waals surface area contributed by atoms with Gasteiger partial charge >= 0.3 is 0 Å². The minimum Gasteiger partial charge on any atom is -0.357 e. The van der Waals surface area contributed by atoms with Crippen LogP contribution in [0.3, 0.4) is 0 Å². The van der Waals surface area contributed by atoms with Crippen LogP contribution in [0.1, 0.15) is 44.6 Å². The molecule has 1 fully saturated rings. The second-order valence-electron chi connectivity index (χ2n) is 6.30. The van der Waals surface area contributed by atoms with Gasteiger partial charge in [-0.25, -0.2) is 0 Å². The van der Waals surface area contributed by atoms with Crippen molar-refractivity contribution < 1.29 is 4.74 Å². The third-order valence-electron chi connectivity index (χ3n) is 4.55. The Labute approximate surface area is 157 Å². The molecule has 1 aromatic carbocycles. The zero-order chi connectivity index (χ0) is 17.6. The molecule has 1 aliphatic rings. The summed E-state index contributed by atoms with van der Waals surface area (Å²) in [6.07, 6.45) is 6.93. The van der Waals surface area contributed by atoms with Gasteiger partial charge in [-0.2, -0.15) is 0 Å². The quantitative estimate of drug-likeness (QED) is 0.574. The number of rotatable bonds is 6. The van der Waals surface area contributed by atoms with Gasteiger partial charge < -0.3 is 4.74 Å². The van der Waals surface area contributed by atoms with E-state index >= 15 is 0 Å². The normalized spacial score (nSPS) is 15.4. The van der Waals surface area contributed by atoms with Gasteiger partial charge in [-0.05, 0) is 43.6 Å². The molecule has 3 rings (SSSR count). The molecule has 1 aliphatic carbocycles. The molecule has 0 radical (unpaired) electrons. The summed E-state index contributed by atoms with van der Waals surface area (Å²) < 4.78 is 8.49. The van der Waals surface area contributed by atoms with Crippen molar-refractivity contribution in [2.45, 2.75) is 68.2 Å². The van der Waals surface area contributed by atoms with Crippen LogP contribution in [-0.4, -0.2) is 15.7 Å². The van der Waals surface area contributed by atoms with Crippen LogP contribution in [0.2, 0.25) is 0 Å². The minimum atomic E-state index is -0.0974. The molecule has 25 heavy (non-hydrogen) atoms. The topological polar surface area (TPSA) is 47.0 Å². The molecule has 0 spiro atoms. The molecule has 1 N–H and O–H groups in total. The van der Waals surface area contributed by atoms with Crippen molar-refractivity contribution in [3.63, 3.8) is 0 Å². The Kier molecular flexibility index (Phi) is 6.51. The van der Waals surface area contributed by atoms with Crippen molar-refractivity contribution in [1.82, 2.24) is 9.55 Å². The van der Waals surface area contributed by atoms with Crippen LogP contribution in [-0.2, 0) is 17.9 Å². The summed E-state index contributed by atoms with van der Waals surface area (Å²) in [5, 5.41) is 0.887. The van der Waals surface area contributed by atoms with Gasteiger partial charge in [-0.15, -0.1) is 0 Å². The molecular weight excluding hydrogens is 352 g/mol. The van der Waals surface area contributed by atoms with Gasteiger partial charge in [0, 0.05) is 10.5 Å². The Balaban J connectivity index is 1.91. The number of nitrogens with zero attached hydrogens (tertiary/aromatic N) is 1. The fraction of sp³-hybridized carbons (Fsp3) is 0.474. The molecule has 0 aliphatic heterocycles. The molecule has 1 aromatic heterocycles. The number of hydrogen-bond acceptors (Lipinski definition) is 4. The average Bonchev–Trinajstić information content (AvgIpc) is 2.63. The SMILES string of the molecule is CCc1c(Sc2ccccc2)n(COC2CCCCC2)c(=S)[nH]c1=O. The first-order valence-corrected chi connectivity index (χ1v) is 10.1. The summed E-state index contributed by atoms with van der Waals surface area (Å²) in [5.74, 6) is 0. The van der Waals surface area contributed by atoms with Crippen molar-refractivity contribution in [2.75, 3.05) is 0 Å². The molecule has 1 heterocycles. The second-order valence-corrected chi connectivity index (χ2v) is 7.74. The number of benzene rings is 1. The molecular formula is C19H24N2O2S2. The highest BCUT2D eigenvalue weighted by Gasteiger charge is 2.17. The smallest absolute Gasteiger partial charge is 0.255 e. The summed E-state index contributed by atoms with van der Waals surface area (Å²) in [6.45, 7) is 2.39. The van der Waals surface area contributed by atoms with Crippen LogP contribution in [0.4, 0.5) is 0 Å². The molecule has 2 aromatic rings. The predicted octanol–water partition coefficient (Wildman–Crippen LogP) is 4.93. The van der Waals surface area contributed by atoms with E-state index in [2.05, 4.69) is 4.98 Å². The van der Waals surface area contributed by atoms with Gasteiger partial charge in [0.1, 0.15) is 6.73 Å². The fourth-order valence-electron chi connectivity index (χ4n) is 3.15. The van der Waals surface area contributed by atoms with E-state index in [9.17, 15) is 4.79 Å². The van der Waals surface area contributed by atoms with E-state index in [0.717, 1.165) is 28.3 Å². The lowest BCUT2D eigenvalue weighted by Gasteiger charge is -2.24. The lowest BCUT2D eigenvalue weighted by molar-refractivity contribution is -0.0174. The van der Waals surface area contributed by atoms with Crippen molar-refractivity contribution in [3.8, 4) is 0 Å². The van der Waals surface area contributed by atoms with Crippen molar-refractivity contribution in [1.29, 1.82) is 0 Å². The molecule has 6 heteroatoms. The van der Waals surface area contributed by atoms with Crippen LogP contribution in [0.5, 0.6) is 0 Å². The first-order valence-electron chi connectivity index (χ1n) is 8.89. The molecule has 0 bridgehead atoms. The van der Waals surface area contributed by atoms with Crippen LogP contribution < -0.4 is 5.56 Å². The Hall–Kier alpha value is -1.37. The standard InChI is InChI=1S/C19H24N2O2S2/c1-2-16-17(22)20-19(24)21(13-23-14-9-5-3-6-10-14)18(16)25-15-11-7-4-8-12-15/h4,7-8,11-12,14H,2-3,5-6,9-10,13H2,1H3,(H,20,22,24). The van der Waals surface area contributed by atoms with Gasteiger partial charge in [0.25, 0.3) is 5.56 Å². The third-order valence-corrected chi connectivity index (χ3v) is 6.04. The Morgan fingerprint density at radius 2 is 1.96 bits per heavy atom. The van der Waals surface area contributed by atoms with E-state index in [1.165, 1.54) is 19.3 Å². The Morgan fingerprint density at radius 1 is 1.24 bits per heavy atom. The molecule has 0 atom stereocenters. The number of ether oxygens (including phenoxy) is 1. The van der Waals surface area contributed by atoms with Gasteiger partial charge in [0.2, 0.25) is 0 Å². The second kappa shape index (κ2) is 8.83. The summed E-state index contributed by atoms with van der Waals surface area (Å²) >= 11 is 7.01. The zero-order valence-corrected chi connectivity index (χ0v) is 16.1.